The lowest BCUT2D eigenvalue weighted by atomic mass is 10.1. The van der Waals surface area contributed by atoms with Crippen LogP contribution in [0.4, 0.5) is 5.69 Å². The monoisotopic (exact) mass is 453 g/mol. The first kappa shape index (κ1) is 20.8. The summed E-state index contributed by atoms with van der Waals surface area (Å²) in [6.45, 7) is 1.56. The highest BCUT2D eigenvalue weighted by molar-refractivity contribution is 7.17. The van der Waals surface area contributed by atoms with Crippen LogP contribution in [0.2, 0.25) is 5.02 Å². The first-order valence-electron chi connectivity index (χ1n) is 9.26. The summed E-state index contributed by atoms with van der Waals surface area (Å²) in [5.74, 6) is -1.43. The molecule has 0 saturated heterocycles. The molecule has 1 unspecified atom stereocenters. The minimum Gasteiger partial charge on any atom is -0.478 e. The van der Waals surface area contributed by atoms with E-state index in [1.165, 1.54) is 9.95 Å². The van der Waals surface area contributed by atoms with Crippen LogP contribution in [0.1, 0.15) is 23.3 Å². The molecule has 1 amide bonds. The van der Waals surface area contributed by atoms with E-state index >= 15 is 0 Å². The minimum absolute atomic E-state index is 0.0189. The third-order valence-corrected chi connectivity index (χ3v) is 6.00. The summed E-state index contributed by atoms with van der Waals surface area (Å²) in [6, 6.07) is 14.7. The van der Waals surface area contributed by atoms with Crippen LogP contribution in [-0.4, -0.2) is 26.5 Å². The van der Waals surface area contributed by atoms with E-state index in [4.69, 9.17) is 11.6 Å². The summed E-state index contributed by atoms with van der Waals surface area (Å²) in [6.07, 6.45) is 0. The fourth-order valence-corrected chi connectivity index (χ4v) is 4.31. The van der Waals surface area contributed by atoms with Crippen molar-refractivity contribution in [3.05, 3.63) is 80.9 Å². The van der Waals surface area contributed by atoms with E-state index in [1.807, 2.05) is 6.07 Å². The summed E-state index contributed by atoms with van der Waals surface area (Å²) in [4.78, 5) is 42.9. The second-order valence-corrected chi connectivity index (χ2v) is 8.02. The maximum absolute atomic E-state index is 13.4. The number of thiophene rings is 1. The normalized spacial score (nSPS) is 11.9. The Morgan fingerprint density at radius 1 is 1.13 bits per heavy atom. The quantitative estimate of drug-likeness (QED) is 0.457. The van der Waals surface area contributed by atoms with Crippen LogP contribution in [0, 0.1) is 0 Å². The van der Waals surface area contributed by atoms with Gasteiger partial charge in [-0.25, -0.2) is 9.78 Å². The van der Waals surface area contributed by atoms with Crippen LogP contribution < -0.4 is 10.9 Å². The van der Waals surface area contributed by atoms with Crippen LogP contribution in [0.5, 0.6) is 0 Å². The summed E-state index contributed by atoms with van der Waals surface area (Å²) in [7, 11) is 0. The van der Waals surface area contributed by atoms with Gasteiger partial charge in [0.05, 0.1) is 21.7 Å². The lowest BCUT2D eigenvalue weighted by Gasteiger charge is -2.19. The van der Waals surface area contributed by atoms with E-state index in [1.54, 1.807) is 55.5 Å². The number of benzene rings is 2. The van der Waals surface area contributed by atoms with Crippen molar-refractivity contribution in [3.8, 4) is 11.4 Å². The lowest BCUT2D eigenvalue weighted by molar-refractivity contribution is -0.118. The molecule has 31 heavy (non-hydrogen) atoms. The zero-order valence-corrected chi connectivity index (χ0v) is 17.8. The largest absolute Gasteiger partial charge is 0.478 e. The highest BCUT2D eigenvalue weighted by atomic mass is 35.5. The fourth-order valence-electron chi connectivity index (χ4n) is 3.23. The number of anilines is 1. The SMILES string of the molecule is CC(C(=O)Nc1ccccc1Cl)n1c(-c2ccccc2)nc2scc(C(=O)O)c2c1=O. The van der Waals surface area contributed by atoms with Gasteiger partial charge in [0, 0.05) is 10.9 Å². The number of fused-ring (bicyclic) bond motifs is 1. The van der Waals surface area contributed by atoms with Crippen molar-refractivity contribution in [2.75, 3.05) is 5.32 Å². The topological polar surface area (TPSA) is 101 Å². The molecule has 2 aromatic carbocycles. The molecule has 0 saturated carbocycles. The van der Waals surface area contributed by atoms with Gasteiger partial charge in [-0.05, 0) is 19.1 Å². The average Bonchev–Trinajstić information content (AvgIpc) is 3.20. The molecule has 2 N–H and O–H groups in total. The molecule has 0 aliphatic rings. The number of carboxylic acid groups (broad SMARTS) is 1. The molecule has 156 valence electrons. The van der Waals surface area contributed by atoms with Crippen LogP contribution in [-0.2, 0) is 4.79 Å². The number of hydrogen-bond acceptors (Lipinski definition) is 5. The van der Waals surface area contributed by atoms with E-state index in [0.717, 1.165) is 11.3 Å². The Morgan fingerprint density at radius 3 is 2.48 bits per heavy atom. The smallest absolute Gasteiger partial charge is 0.337 e. The number of aromatic nitrogens is 2. The number of nitrogens with zero attached hydrogens (tertiary/aromatic N) is 2. The Labute approximate surface area is 185 Å². The molecule has 1 atom stereocenters. The van der Waals surface area contributed by atoms with Crippen molar-refractivity contribution in [1.29, 1.82) is 0 Å². The highest BCUT2D eigenvalue weighted by Gasteiger charge is 2.26. The van der Waals surface area contributed by atoms with Gasteiger partial charge in [0.2, 0.25) is 5.91 Å². The number of halogens is 1. The Hall–Kier alpha value is -3.49. The molecule has 0 bridgehead atoms. The van der Waals surface area contributed by atoms with E-state index < -0.39 is 23.5 Å². The molecule has 2 heterocycles. The second-order valence-electron chi connectivity index (χ2n) is 6.76. The predicted molar refractivity (Wildman–Crippen MR) is 121 cm³/mol. The number of nitrogens with one attached hydrogen (secondary N) is 1. The number of carbonyl (C=O) groups excluding carboxylic acids is 1. The Kier molecular flexibility index (Phi) is 5.58. The summed E-state index contributed by atoms with van der Waals surface area (Å²) >= 11 is 7.21. The molecule has 4 aromatic rings. The number of rotatable bonds is 5. The zero-order chi connectivity index (χ0) is 22.1. The molecule has 0 spiro atoms. The van der Waals surface area contributed by atoms with Gasteiger partial charge in [0.1, 0.15) is 16.7 Å². The number of carbonyl (C=O) groups is 2. The zero-order valence-electron chi connectivity index (χ0n) is 16.2. The predicted octanol–water partition coefficient (Wildman–Crippen LogP) is 4.68. The van der Waals surface area contributed by atoms with Crippen molar-refractivity contribution in [1.82, 2.24) is 9.55 Å². The third-order valence-electron chi connectivity index (χ3n) is 4.80. The molecule has 4 rings (SSSR count). The standard InChI is InChI=1S/C22H16ClN3O4S/c1-12(19(27)24-16-10-6-5-9-15(16)23)26-18(13-7-3-2-4-8-13)25-20-17(21(26)28)14(11-31-20)22(29)30/h2-12H,1H3,(H,24,27)(H,29,30). The van der Waals surface area contributed by atoms with Gasteiger partial charge in [-0.1, -0.05) is 54.1 Å². The van der Waals surface area contributed by atoms with Crippen LogP contribution in [0.25, 0.3) is 21.6 Å². The molecule has 9 heteroatoms. The first-order chi connectivity index (χ1) is 14.9. The Morgan fingerprint density at radius 2 is 1.81 bits per heavy atom. The number of carboxylic acids is 1. The molecule has 0 fully saturated rings. The minimum atomic E-state index is -1.22. The van der Waals surface area contributed by atoms with Crippen molar-refractivity contribution in [3.63, 3.8) is 0 Å². The molecular weight excluding hydrogens is 438 g/mol. The molecule has 2 aromatic heterocycles. The van der Waals surface area contributed by atoms with Gasteiger partial charge in [-0.15, -0.1) is 11.3 Å². The number of para-hydroxylation sites is 1. The van der Waals surface area contributed by atoms with E-state index in [9.17, 15) is 19.5 Å². The van der Waals surface area contributed by atoms with E-state index in [0.29, 0.717) is 21.1 Å². The van der Waals surface area contributed by atoms with Gasteiger partial charge in [0.25, 0.3) is 5.56 Å². The van der Waals surface area contributed by atoms with Crippen LogP contribution >= 0.6 is 22.9 Å². The fraction of sp³-hybridized carbons (Fsp3) is 0.0909. The Bertz CT molecular complexity index is 1360. The molecule has 0 radical (unpaired) electrons. The first-order valence-corrected chi connectivity index (χ1v) is 10.5. The lowest BCUT2D eigenvalue weighted by Crippen LogP contribution is -2.33. The average molecular weight is 454 g/mol. The van der Waals surface area contributed by atoms with Gasteiger partial charge >= 0.3 is 5.97 Å². The maximum Gasteiger partial charge on any atom is 0.337 e. The number of hydrogen-bond donors (Lipinski definition) is 2. The van der Waals surface area contributed by atoms with Crippen molar-refractivity contribution >= 4 is 50.7 Å². The molecule has 0 aliphatic heterocycles. The van der Waals surface area contributed by atoms with E-state index in [2.05, 4.69) is 10.3 Å². The van der Waals surface area contributed by atoms with Crippen molar-refractivity contribution < 1.29 is 14.7 Å². The highest BCUT2D eigenvalue weighted by Crippen LogP contribution is 2.28. The summed E-state index contributed by atoms with van der Waals surface area (Å²) < 4.78 is 1.23. The van der Waals surface area contributed by atoms with Crippen molar-refractivity contribution in [2.45, 2.75) is 13.0 Å². The molecule has 7 nitrogen and oxygen atoms in total. The molecular formula is C22H16ClN3O4S. The van der Waals surface area contributed by atoms with Gasteiger partial charge in [-0.2, -0.15) is 0 Å². The number of aromatic carboxylic acids is 1. The van der Waals surface area contributed by atoms with Gasteiger partial charge < -0.3 is 10.4 Å². The van der Waals surface area contributed by atoms with Gasteiger partial charge in [0.15, 0.2) is 0 Å². The van der Waals surface area contributed by atoms with Gasteiger partial charge in [-0.3, -0.25) is 14.2 Å². The third kappa shape index (κ3) is 3.83. The Balaban J connectivity index is 1.90. The van der Waals surface area contributed by atoms with Crippen LogP contribution in [0.15, 0.2) is 64.8 Å². The number of amides is 1. The second kappa shape index (κ2) is 8.33. The summed E-state index contributed by atoms with van der Waals surface area (Å²) in [5.41, 5.74) is 0.309. The molecule has 0 aliphatic carbocycles. The van der Waals surface area contributed by atoms with Crippen molar-refractivity contribution in [2.24, 2.45) is 0 Å². The van der Waals surface area contributed by atoms with Crippen LogP contribution in [0.3, 0.4) is 0 Å². The summed E-state index contributed by atoms with van der Waals surface area (Å²) in [5, 5.41) is 13.9. The maximum atomic E-state index is 13.4. The van der Waals surface area contributed by atoms with E-state index in [-0.39, 0.29) is 16.8 Å².